The minimum atomic E-state index is 0.0685. The van der Waals surface area contributed by atoms with Gasteiger partial charge in [0.15, 0.2) is 0 Å². The lowest BCUT2D eigenvalue weighted by Crippen LogP contribution is -2.15. The van der Waals surface area contributed by atoms with Crippen LogP contribution in [0.25, 0.3) is 0 Å². The van der Waals surface area contributed by atoms with Gasteiger partial charge in [-0.25, -0.2) is 0 Å². The number of nitrogens with two attached hydrogens (primary N) is 1. The first kappa shape index (κ1) is 14.9. The van der Waals surface area contributed by atoms with Gasteiger partial charge >= 0.3 is 0 Å². The molecule has 0 aliphatic rings. The standard InChI is InChI=1S/C15H17ClN2OS/c1-8-6-13(10(3)19-8)9(2)18-14-7-11(16)4-5-12(14)15(17)20/h4-7,9,18H,1-3H3,(H2,17,20). The van der Waals surface area contributed by atoms with Crippen molar-refractivity contribution < 1.29 is 4.42 Å². The fourth-order valence-corrected chi connectivity index (χ4v) is 2.59. The number of furan rings is 1. The lowest BCUT2D eigenvalue weighted by atomic mass is 10.1. The van der Waals surface area contributed by atoms with E-state index in [0.717, 1.165) is 28.3 Å². The minimum absolute atomic E-state index is 0.0685. The van der Waals surface area contributed by atoms with Crippen LogP contribution in [0.1, 0.15) is 35.6 Å². The Hall–Kier alpha value is -1.52. The van der Waals surface area contributed by atoms with Gasteiger partial charge in [-0.3, -0.25) is 0 Å². The summed E-state index contributed by atoms with van der Waals surface area (Å²) in [7, 11) is 0. The van der Waals surface area contributed by atoms with Crippen molar-refractivity contribution in [1.29, 1.82) is 0 Å². The molecular weight excluding hydrogens is 292 g/mol. The quantitative estimate of drug-likeness (QED) is 0.824. The SMILES string of the molecule is Cc1cc(C(C)Nc2cc(Cl)ccc2C(N)=S)c(C)o1. The molecule has 0 bridgehead atoms. The van der Waals surface area contributed by atoms with Crippen molar-refractivity contribution in [2.24, 2.45) is 5.73 Å². The van der Waals surface area contributed by atoms with E-state index in [1.807, 2.05) is 32.0 Å². The van der Waals surface area contributed by atoms with Gasteiger partial charge in [-0.15, -0.1) is 0 Å². The Kier molecular flexibility index (Phi) is 4.35. The second-order valence-electron chi connectivity index (χ2n) is 4.79. The lowest BCUT2D eigenvalue weighted by molar-refractivity contribution is 0.500. The van der Waals surface area contributed by atoms with E-state index in [0.29, 0.717) is 10.0 Å². The van der Waals surface area contributed by atoms with Crippen molar-refractivity contribution in [2.45, 2.75) is 26.8 Å². The molecule has 1 aromatic heterocycles. The summed E-state index contributed by atoms with van der Waals surface area (Å²) in [4.78, 5) is 0.344. The average Bonchev–Trinajstić information content (AvgIpc) is 2.68. The van der Waals surface area contributed by atoms with E-state index in [-0.39, 0.29) is 6.04 Å². The lowest BCUT2D eigenvalue weighted by Gasteiger charge is -2.17. The van der Waals surface area contributed by atoms with Gasteiger partial charge in [0.25, 0.3) is 0 Å². The number of halogens is 1. The highest BCUT2D eigenvalue weighted by atomic mass is 35.5. The number of hydrogen-bond acceptors (Lipinski definition) is 3. The van der Waals surface area contributed by atoms with Crippen LogP contribution < -0.4 is 11.1 Å². The summed E-state index contributed by atoms with van der Waals surface area (Å²) in [6.07, 6.45) is 0. The summed E-state index contributed by atoms with van der Waals surface area (Å²) in [5, 5.41) is 4.03. The van der Waals surface area contributed by atoms with E-state index >= 15 is 0 Å². The van der Waals surface area contributed by atoms with E-state index in [9.17, 15) is 0 Å². The maximum absolute atomic E-state index is 6.04. The van der Waals surface area contributed by atoms with Crippen LogP contribution >= 0.6 is 23.8 Å². The van der Waals surface area contributed by atoms with E-state index in [1.165, 1.54) is 0 Å². The molecule has 1 aromatic carbocycles. The molecule has 2 rings (SSSR count). The molecular formula is C15H17ClN2OS. The monoisotopic (exact) mass is 308 g/mol. The molecule has 5 heteroatoms. The molecule has 2 aromatic rings. The summed E-state index contributed by atoms with van der Waals surface area (Å²) in [5.74, 6) is 1.80. The van der Waals surface area contributed by atoms with Crippen LogP contribution in [0.15, 0.2) is 28.7 Å². The zero-order valence-corrected chi connectivity index (χ0v) is 13.2. The Bertz CT molecular complexity index is 651. The molecule has 3 nitrogen and oxygen atoms in total. The van der Waals surface area contributed by atoms with E-state index in [4.69, 9.17) is 34.0 Å². The number of hydrogen-bond donors (Lipinski definition) is 2. The third-order valence-electron chi connectivity index (χ3n) is 3.16. The molecule has 3 N–H and O–H groups in total. The van der Waals surface area contributed by atoms with Gasteiger partial charge in [-0.05, 0) is 45.0 Å². The summed E-state index contributed by atoms with van der Waals surface area (Å²) in [5.41, 5.74) is 8.47. The Balaban J connectivity index is 2.32. The summed E-state index contributed by atoms with van der Waals surface area (Å²) >= 11 is 11.1. The van der Waals surface area contributed by atoms with Gasteiger partial charge in [-0.2, -0.15) is 0 Å². The largest absolute Gasteiger partial charge is 0.466 e. The Morgan fingerprint density at radius 3 is 2.60 bits per heavy atom. The highest BCUT2D eigenvalue weighted by molar-refractivity contribution is 7.80. The summed E-state index contributed by atoms with van der Waals surface area (Å²) < 4.78 is 5.56. The van der Waals surface area contributed by atoms with E-state index in [1.54, 1.807) is 6.07 Å². The van der Waals surface area contributed by atoms with E-state index < -0.39 is 0 Å². The van der Waals surface area contributed by atoms with Gasteiger partial charge in [0.1, 0.15) is 16.5 Å². The van der Waals surface area contributed by atoms with Gasteiger partial charge in [0.05, 0.1) is 6.04 Å². The second kappa shape index (κ2) is 5.85. The molecule has 20 heavy (non-hydrogen) atoms. The Labute approximate surface area is 129 Å². The van der Waals surface area contributed by atoms with Crippen LogP contribution in [0.4, 0.5) is 5.69 Å². The van der Waals surface area contributed by atoms with Crippen molar-refractivity contribution >= 4 is 34.5 Å². The zero-order chi connectivity index (χ0) is 14.9. The van der Waals surface area contributed by atoms with Crippen LogP contribution in [0.3, 0.4) is 0 Å². The number of anilines is 1. The van der Waals surface area contributed by atoms with Crippen LogP contribution in [0.5, 0.6) is 0 Å². The molecule has 0 saturated heterocycles. The Morgan fingerprint density at radius 2 is 2.05 bits per heavy atom. The van der Waals surface area contributed by atoms with Crippen LogP contribution in [-0.4, -0.2) is 4.99 Å². The molecule has 0 fully saturated rings. The second-order valence-corrected chi connectivity index (χ2v) is 5.67. The van der Waals surface area contributed by atoms with Gasteiger partial charge in [-0.1, -0.05) is 23.8 Å². The molecule has 0 aliphatic carbocycles. The van der Waals surface area contributed by atoms with E-state index in [2.05, 4.69) is 12.2 Å². The van der Waals surface area contributed by atoms with Crippen LogP contribution in [0, 0.1) is 13.8 Å². The summed E-state index contributed by atoms with van der Waals surface area (Å²) in [6, 6.07) is 7.53. The molecule has 0 spiro atoms. The smallest absolute Gasteiger partial charge is 0.106 e. The molecule has 0 radical (unpaired) electrons. The number of rotatable bonds is 4. The first-order chi connectivity index (χ1) is 9.38. The molecule has 106 valence electrons. The van der Waals surface area contributed by atoms with Crippen LogP contribution in [0.2, 0.25) is 5.02 Å². The minimum Gasteiger partial charge on any atom is -0.466 e. The fraction of sp³-hybridized carbons (Fsp3) is 0.267. The third kappa shape index (κ3) is 3.14. The summed E-state index contributed by atoms with van der Waals surface area (Å²) in [6.45, 7) is 5.94. The fourth-order valence-electron chi connectivity index (χ4n) is 2.24. The van der Waals surface area contributed by atoms with Gasteiger partial charge in [0.2, 0.25) is 0 Å². The van der Waals surface area contributed by atoms with Crippen molar-refractivity contribution in [3.8, 4) is 0 Å². The maximum atomic E-state index is 6.04. The van der Waals surface area contributed by atoms with Crippen LogP contribution in [-0.2, 0) is 0 Å². The molecule has 1 unspecified atom stereocenters. The Morgan fingerprint density at radius 1 is 1.35 bits per heavy atom. The van der Waals surface area contributed by atoms with Crippen molar-refractivity contribution in [3.05, 3.63) is 51.9 Å². The average molecular weight is 309 g/mol. The highest BCUT2D eigenvalue weighted by Crippen LogP contribution is 2.28. The zero-order valence-electron chi connectivity index (χ0n) is 11.7. The molecule has 1 heterocycles. The highest BCUT2D eigenvalue weighted by Gasteiger charge is 2.15. The molecule has 0 amide bonds. The topological polar surface area (TPSA) is 51.2 Å². The number of aryl methyl sites for hydroxylation is 2. The predicted octanol–water partition coefficient (Wildman–Crippen LogP) is 4.36. The van der Waals surface area contributed by atoms with Crippen molar-refractivity contribution in [2.75, 3.05) is 5.32 Å². The first-order valence-corrected chi connectivity index (χ1v) is 7.10. The maximum Gasteiger partial charge on any atom is 0.106 e. The molecule has 0 saturated carbocycles. The number of nitrogens with one attached hydrogen (secondary N) is 1. The van der Waals surface area contributed by atoms with Gasteiger partial charge < -0.3 is 15.5 Å². The first-order valence-electron chi connectivity index (χ1n) is 6.31. The van der Waals surface area contributed by atoms with Crippen molar-refractivity contribution in [1.82, 2.24) is 0 Å². The van der Waals surface area contributed by atoms with Gasteiger partial charge in [0, 0.05) is 21.8 Å². The molecule has 0 aliphatic heterocycles. The normalized spacial score (nSPS) is 12.2. The number of thiocarbonyl (C=S) groups is 1. The number of benzene rings is 1. The molecule has 1 atom stereocenters. The predicted molar refractivity (Wildman–Crippen MR) is 87.6 cm³/mol. The third-order valence-corrected chi connectivity index (χ3v) is 3.62. The van der Waals surface area contributed by atoms with Crippen molar-refractivity contribution in [3.63, 3.8) is 0 Å².